The molecule has 1 aromatic carbocycles. The second-order valence-corrected chi connectivity index (χ2v) is 7.62. The van der Waals surface area contributed by atoms with Gasteiger partial charge in [-0.3, -0.25) is 4.72 Å². The Kier molecular flexibility index (Phi) is 4.72. The van der Waals surface area contributed by atoms with Crippen LogP contribution in [-0.4, -0.2) is 32.5 Å². The normalized spacial score (nSPS) is 11.3. The summed E-state index contributed by atoms with van der Waals surface area (Å²) in [5.41, 5.74) is 1.57. The first-order valence-electron chi connectivity index (χ1n) is 6.51. The molecule has 0 spiro atoms. The number of hydrogen-bond donors (Lipinski definition) is 1. The molecule has 0 radical (unpaired) electrons. The van der Waals surface area contributed by atoms with Gasteiger partial charge in [0.15, 0.2) is 0 Å². The van der Waals surface area contributed by atoms with Gasteiger partial charge in [0.1, 0.15) is 0 Å². The summed E-state index contributed by atoms with van der Waals surface area (Å²) in [6, 6.07) is 6.43. The summed E-state index contributed by atoms with van der Waals surface area (Å²) in [6.07, 6.45) is 0. The van der Waals surface area contributed by atoms with Crippen molar-refractivity contribution in [3.8, 4) is 0 Å². The van der Waals surface area contributed by atoms with Crippen LogP contribution in [0.1, 0.15) is 11.4 Å². The van der Waals surface area contributed by atoms with E-state index in [4.69, 9.17) is 0 Å². The summed E-state index contributed by atoms with van der Waals surface area (Å²) < 4.78 is 28.3. The Labute approximate surface area is 138 Å². The van der Waals surface area contributed by atoms with E-state index in [-0.39, 0.29) is 4.90 Å². The lowest BCUT2D eigenvalue weighted by atomic mass is 10.3. The molecule has 6 nitrogen and oxygen atoms in total. The van der Waals surface area contributed by atoms with E-state index < -0.39 is 10.0 Å². The van der Waals surface area contributed by atoms with Crippen molar-refractivity contribution in [2.75, 3.05) is 23.7 Å². The Morgan fingerprint density at radius 2 is 1.55 bits per heavy atom. The van der Waals surface area contributed by atoms with E-state index in [9.17, 15) is 8.42 Å². The van der Waals surface area contributed by atoms with Crippen molar-refractivity contribution in [3.63, 3.8) is 0 Å². The standard InChI is InChI=1S/C14H17BrN4O2S/c1-9-13(10(2)17-14(16-9)19(3)4)18-22(20,21)12-7-5-11(15)6-8-12/h5-8,18H,1-4H3. The number of rotatable bonds is 4. The smallest absolute Gasteiger partial charge is 0.262 e. The number of nitrogens with one attached hydrogen (secondary N) is 1. The number of anilines is 2. The maximum absolute atomic E-state index is 12.4. The van der Waals surface area contributed by atoms with Crippen LogP contribution in [-0.2, 0) is 10.0 Å². The highest BCUT2D eigenvalue weighted by molar-refractivity contribution is 9.10. The molecule has 0 bridgehead atoms. The second-order valence-electron chi connectivity index (χ2n) is 5.02. The Balaban J connectivity index is 2.40. The number of halogens is 1. The molecule has 2 aromatic rings. The third-order valence-corrected chi connectivity index (χ3v) is 4.91. The van der Waals surface area contributed by atoms with Crippen molar-refractivity contribution in [3.05, 3.63) is 40.1 Å². The lowest BCUT2D eigenvalue weighted by Gasteiger charge is -2.16. The van der Waals surface area contributed by atoms with E-state index in [1.165, 1.54) is 12.1 Å². The highest BCUT2D eigenvalue weighted by Crippen LogP contribution is 2.23. The van der Waals surface area contributed by atoms with Gasteiger partial charge in [-0.15, -0.1) is 0 Å². The van der Waals surface area contributed by atoms with Gasteiger partial charge in [0, 0.05) is 18.6 Å². The molecule has 0 saturated heterocycles. The van der Waals surface area contributed by atoms with Gasteiger partial charge in [0.05, 0.1) is 22.0 Å². The van der Waals surface area contributed by atoms with Gasteiger partial charge in [0.25, 0.3) is 10.0 Å². The molecule has 22 heavy (non-hydrogen) atoms. The molecule has 8 heteroatoms. The van der Waals surface area contributed by atoms with Crippen LogP contribution in [0.25, 0.3) is 0 Å². The van der Waals surface area contributed by atoms with Gasteiger partial charge in [-0.1, -0.05) is 15.9 Å². The molecular weight excluding hydrogens is 368 g/mol. The molecule has 0 fully saturated rings. The average molecular weight is 385 g/mol. The van der Waals surface area contributed by atoms with Gasteiger partial charge in [0.2, 0.25) is 5.95 Å². The molecule has 0 aliphatic carbocycles. The molecule has 0 saturated carbocycles. The third-order valence-electron chi connectivity index (χ3n) is 3.02. The van der Waals surface area contributed by atoms with Crippen molar-refractivity contribution in [2.45, 2.75) is 18.7 Å². The Morgan fingerprint density at radius 1 is 1.05 bits per heavy atom. The highest BCUT2D eigenvalue weighted by atomic mass is 79.9. The van der Waals surface area contributed by atoms with Crippen molar-refractivity contribution in [1.82, 2.24) is 9.97 Å². The fourth-order valence-electron chi connectivity index (χ4n) is 1.85. The van der Waals surface area contributed by atoms with Crippen LogP contribution in [0.5, 0.6) is 0 Å². The summed E-state index contributed by atoms with van der Waals surface area (Å²) >= 11 is 3.28. The number of benzene rings is 1. The predicted molar refractivity (Wildman–Crippen MR) is 90.8 cm³/mol. The van der Waals surface area contributed by atoms with Crippen LogP contribution in [0.2, 0.25) is 0 Å². The summed E-state index contributed by atoms with van der Waals surface area (Å²) in [5.74, 6) is 0.543. The van der Waals surface area contributed by atoms with Crippen molar-refractivity contribution in [1.29, 1.82) is 0 Å². The highest BCUT2D eigenvalue weighted by Gasteiger charge is 2.18. The van der Waals surface area contributed by atoms with E-state index in [1.54, 1.807) is 30.9 Å². The first kappa shape index (κ1) is 16.7. The summed E-state index contributed by atoms with van der Waals surface area (Å²) in [6.45, 7) is 3.50. The monoisotopic (exact) mass is 384 g/mol. The van der Waals surface area contributed by atoms with E-state index in [0.29, 0.717) is 23.0 Å². The number of aryl methyl sites for hydroxylation is 2. The number of hydrogen-bond acceptors (Lipinski definition) is 5. The molecule has 2 rings (SSSR count). The Morgan fingerprint density at radius 3 is 2.00 bits per heavy atom. The second kappa shape index (κ2) is 6.21. The average Bonchev–Trinajstić information content (AvgIpc) is 2.43. The quantitative estimate of drug-likeness (QED) is 0.876. The summed E-state index contributed by atoms with van der Waals surface area (Å²) in [7, 11) is -0.00619. The number of aromatic nitrogens is 2. The van der Waals surface area contributed by atoms with Crippen LogP contribution in [0.15, 0.2) is 33.6 Å². The van der Waals surface area contributed by atoms with Crippen LogP contribution >= 0.6 is 15.9 Å². The zero-order valence-electron chi connectivity index (χ0n) is 12.8. The minimum atomic E-state index is -3.67. The lowest BCUT2D eigenvalue weighted by molar-refractivity contribution is 0.601. The zero-order chi connectivity index (χ0) is 16.5. The SMILES string of the molecule is Cc1nc(N(C)C)nc(C)c1NS(=O)(=O)c1ccc(Br)cc1. The van der Waals surface area contributed by atoms with E-state index >= 15 is 0 Å². The first-order chi connectivity index (χ1) is 10.2. The molecule has 0 unspecified atom stereocenters. The molecule has 0 atom stereocenters. The molecule has 0 amide bonds. The van der Waals surface area contributed by atoms with Crippen LogP contribution in [0, 0.1) is 13.8 Å². The van der Waals surface area contributed by atoms with Crippen molar-refractivity contribution >= 4 is 37.6 Å². The molecule has 1 aromatic heterocycles. The van der Waals surface area contributed by atoms with Crippen molar-refractivity contribution in [2.24, 2.45) is 0 Å². The molecule has 118 valence electrons. The minimum Gasteiger partial charge on any atom is -0.347 e. The van der Waals surface area contributed by atoms with Crippen LogP contribution in [0.3, 0.4) is 0 Å². The van der Waals surface area contributed by atoms with Gasteiger partial charge >= 0.3 is 0 Å². The molecule has 1 N–H and O–H groups in total. The topological polar surface area (TPSA) is 75.2 Å². The number of sulfonamides is 1. The fourth-order valence-corrected chi connectivity index (χ4v) is 3.29. The summed E-state index contributed by atoms with van der Waals surface area (Å²) in [4.78, 5) is 10.6. The van der Waals surface area contributed by atoms with E-state index in [1.807, 2.05) is 14.1 Å². The lowest BCUT2D eigenvalue weighted by Crippen LogP contribution is -2.18. The largest absolute Gasteiger partial charge is 0.347 e. The fraction of sp³-hybridized carbons (Fsp3) is 0.286. The predicted octanol–water partition coefficient (Wildman–Crippen LogP) is 2.72. The maximum Gasteiger partial charge on any atom is 0.262 e. The Hall–Kier alpha value is -1.67. The van der Waals surface area contributed by atoms with Crippen LogP contribution in [0.4, 0.5) is 11.6 Å². The molecular formula is C14H17BrN4O2S. The molecule has 0 aliphatic heterocycles. The van der Waals surface area contributed by atoms with E-state index in [2.05, 4.69) is 30.6 Å². The molecule has 0 aliphatic rings. The minimum absolute atomic E-state index is 0.186. The van der Waals surface area contributed by atoms with Gasteiger partial charge < -0.3 is 4.90 Å². The zero-order valence-corrected chi connectivity index (χ0v) is 15.2. The van der Waals surface area contributed by atoms with E-state index in [0.717, 1.165) is 4.47 Å². The maximum atomic E-state index is 12.4. The van der Waals surface area contributed by atoms with Gasteiger partial charge in [-0.2, -0.15) is 0 Å². The first-order valence-corrected chi connectivity index (χ1v) is 8.79. The van der Waals surface area contributed by atoms with Gasteiger partial charge in [-0.05, 0) is 38.1 Å². The summed E-state index contributed by atoms with van der Waals surface area (Å²) in [5, 5.41) is 0. The van der Waals surface area contributed by atoms with Crippen molar-refractivity contribution < 1.29 is 8.42 Å². The number of nitrogens with zero attached hydrogens (tertiary/aromatic N) is 3. The van der Waals surface area contributed by atoms with Gasteiger partial charge in [-0.25, -0.2) is 18.4 Å². The molecule has 1 heterocycles. The van der Waals surface area contributed by atoms with Crippen LogP contribution < -0.4 is 9.62 Å². The Bertz CT molecular complexity index is 766. The third kappa shape index (κ3) is 3.56.